The van der Waals surface area contributed by atoms with E-state index in [9.17, 15) is 22.0 Å². The van der Waals surface area contributed by atoms with Gasteiger partial charge in [-0.3, -0.25) is 9.48 Å². The van der Waals surface area contributed by atoms with Crippen LogP contribution in [0, 0.1) is 25.5 Å². The van der Waals surface area contributed by atoms with Gasteiger partial charge >= 0.3 is 0 Å². The van der Waals surface area contributed by atoms with Gasteiger partial charge in [0.05, 0.1) is 11.4 Å². The number of nitrogens with one attached hydrogen (secondary N) is 1. The Bertz CT molecular complexity index is 1010. The summed E-state index contributed by atoms with van der Waals surface area (Å²) in [7, 11) is -3.67. The minimum absolute atomic E-state index is 0.00987. The average molecular weight is 441 g/mol. The van der Waals surface area contributed by atoms with Gasteiger partial charge < -0.3 is 5.32 Å². The molecular weight excluding hydrogens is 414 g/mol. The van der Waals surface area contributed by atoms with E-state index in [2.05, 4.69) is 10.4 Å². The predicted octanol–water partition coefficient (Wildman–Crippen LogP) is 2.31. The van der Waals surface area contributed by atoms with Crippen LogP contribution in [-0.4, -0.2) is 48.0 Å². The lowest BCUT2D eigenvalue weighted by Crippen LogP contribution is -2.36. The molecule has 2 heterocycles. The standard InChI is InChI=1S/C20H26F2N4O3S/c1-14-20(30(28,29)25-11-4-3-5-12-25)15(2)26(24-14)13-19(27)23-10-9-16-17(21)7-6-8-18(16)22/h6-8H,3-5,9-13H2,1-2H3,(H,23,27). The molecule has 0 radical (unpaired) electrons. The van der Waals surface area contributed by atoms with E-state index >= 15 is 0 Å². The maximum absolute atomic E-state index is 13.7. The van der Waals surface area contributed by atoms with Gasteiger partial charge in [-0.2, -0.15) is 9.40 Å². The van der Waals surface area contributed by atoms with Crippen molar-refractivity contribution in [3.05, 3.63) is 46.8 Å². The molecule has 30 heavy (non-hydrogen) atoms. The van der Waals surface area contributed by atoms with E-state index < -0.39 is 27.6 Å². The maximum Gasteiger partial charge on any atom is 0.246 e. The van der Waals surface area contributed by atoms with Crippen LogP contribution in [0.2, 0.25) is 0 Å². The second kappa shape index (κ2) is 9.22. The SMILES string of the molecule is Cc1nn(CC(=O)NCCc2c(F)cccc2F)c(C)c1S(=O)(=O)N1CCCCC1. The van der Waals surface area contributed by atoms with Crippen LogP contribution in [0.4, 0.5) is 8.78 Å². The van der Waals surface area contributed by atoms with Crippen LogP contribution in [0.3, 0.4) is 0 Å². The Kier molecular flexibility index (Phi) is 6.87. The summed E-state index contributed by atoms with van der Waals surface area (Å²) in [5, 5.41) is 6.83. The van der Waals surface area contributed by atoms with Gasteiger partial charge in [-0.1, -0.05) is 12.5 Å². The first-order valence-corrected chi connectivity index (χ1v) is 11.4. The van der Waals surface area contributed by atoms with E-state index in [1.54, 1.807) is 13.8 Å². The Morgan fingerprint density at radius 2 is 1.77 bits per heavy atom. The van der Waals surface area contributed by atoms with E-state index in [1.165, 1.54) is 27.2 Å². The molecule has 0 bridgehead atoms. The third kappa shape index (κ3) is 4.70. The minimum atomic E-state index is -3.67. The number of rotatable bonds is 7. The van der Waals surface area contributed by atoms with Gasteiger partial charge in [0.15, 0.2) is 0 Å². The van der Waals surface area contributed by atoms with Crippen molar-refractivity contribution in [2.45, 2.75) is 51.0 Å². The fraction of sp³-hybridized carbons (Fsp3) is 0.500. The number of hydrogen-bond donors (Lipinski definition) is 1. The molecule has 1 amide bonds. The van der Waals surface area contributed by atoms with Crippen LogP contribution >= 0.6 is 0 Å². The Morgan fingerprint density at radius 1 is 1.13 bits per heavy atom. The molecule has 1 N–H and O–H groups in total. The number of sulfonamides is 1. The van der Waals surface area contributed by atoms with E-state index in [0.29, 0.717) is 24.5 Å². The van der Waals surface area contributed by atoms with Crippen LogP contribution < -0.4 is 5.32 Å². The number of amides is 1. The normalized spacial score (nSPS) is 15.3. The Balaban J connectivity index is 1.66. The van der Waals surface area contributed by atoms with Crippen molar-refractivity contribution in [1.29, 1.82) is 0 Å². The molecule has 1 aromatic carbocycles. The number of piperidine rings is 1. The topological polar surface area (TPSA) is 84.3 Å². The molecule has 0 aliphatic carbocycles. The van der Waals surface area contributed by atoms with Crippen molar-refractivity contribution in [1.82, 2.24) is 19.4 Å². The summed E-state index contributed by atoms with van der Waals surface area (Å²) in [6, 6.07) is 3.62. The molecule has 1 saturated heterocycles. The highest BCUT2D eigenvalue weighted by molar-refractivity contribution is 7.89. The molecule has 164 valence electrons. The van der Waals surface area contributed by atoms with Crippen LogP contribution in [0.25, 0.3) is 0 Å². The first-order valence-electron chi connectivity index (χ1n) is 9.95. The fourth-order valence-electron chi connectivity index (χ4n) is 3.73. The highest BCUT2D eigenvalue weighted by Crippen LogP contribution is 2.26. The lowest BCUT2D eigenvalue weighted by atomic mass is 10.1. The molecule has 0 unspecified atom stereocenters. The van der Waals surface area contributed by atoms with Crippen LogP contribution in [0.1, 0.15) is 36.2 Å². The Hall–Kier alpha value is -2.33. The second-order valence-electron chi connectivity index (χ2n) is 7.42. The largest absolute Gasteiger partial charge is 0.354 e. The molecule has 3 rings (SSSR count). The number of aromatic nitrogens is 2. The van der Waals surface area contributed by atoms with Gasteiger partial charge in [0.25, 0.3) is 0 Å². The molecular formula is C20H26F2N4O3S. The van der Waals surface area contributed by atoms with E-state index in [-0.39, 0.29) is 30.0 Å². The van der Waals surface area contributed by atoms with Crippen molar-refractivity contribution in [2.24, 2.45) is 0 Å². The predicted molar refractivity (Wildman–Crippen MR) is 107 cm³/mol. The summed E-state index contributed by atoms with van der Waals surface area (Å²) in [6.45, 7) is 4.08. The van der Waals surface area contributed by atoms with Crippen molar-refractivity contribution in [2.75, 3.05) is 19.6 Å². The lowest BCUT2D eigenvalue weighted by molar-refractivity contribution is -0.121. The molecule has 1 aromatic heterocycles. The van der Waals surface area contributed by atoms with Gasteiger partial charge in [0.1, 0.15) is 23.1 Å². The van der Waals surface area contributed by atoms with E-state index in [1.807, 2.05) is 0 Å². The summed E-state index contributed by atoms with van der Waals surface area (Å²) < 4.78 is 56.2. The van der Waals surface area contributed by atoms with E-state index in [0.717, 1.165) is 19.3 Å². The zero-order valence-corrected chi connectivity index (χ0v) is 17.9. The number of nitrogens with zero attached hydrogens (tertiary/aromatic N) is 3. The summed E-state index contributed by atoms with van der Waals surface area (Å²) >= 11 is 0. The second-order valence-corrected chi connectivity index (χ2v) is 9.30. The minimum Gasteiger partial charge on any atom is -0.354 e. The smallest absolute Gasteiger partial charge is 0.246 e. The van der Waals surface area contributed by atoms with Gasteiger partial charge in [0.2, 0.25) is 15.9 Å². The molecule has 0 atom stereocenters. The highest BCUT2D eigenvalue weighted by atomic mass is 32.2. The van der Waals surface area contributed by atoms with E-state index in [4.69, 9.17) is 0 Å². The number of aryl methyl sites for hydroxylation is 1. The molecule has 0 spiro atoms. The monoisotopic (exact) mass is 440 g/mol. The van der Waals surface area contributed by atoms with Gasteiger partial charge in [-0.05, 0) is 45.2 Å². The highest BCUT2D eigenvalue weighted by Gasteiger charge is 2.32. The molecule has 1 aliphatic heterocycles. The maximum atomic E-state index is 13.7. The average Bonchev–Trinajstić information content (AvgIpc) is 2.98. The number of carbonyl (C=O) groups is 1. The van der Waals surface area contributed by atoms with Crippen LogP contribution in [0.15, 0.2) is 23.1 Å². The summed E-state index contributed by atoms with van der Waals surface area (Å²) in [4.78, 5) is 12.4. The third-order valence-electron chi connectivity index (χ3n) is 5.28. The summed E-state index contributed by atoms with van der Waals surface area (Å²) in [5.74, 6) is -1.73. The first kappa shape index (κ1) is 22.4. The summed E-state index contributed by atoms with van der Waals surface area (Å²) in [5.41, 5.74) is 0.659. The molecule has 1 fully saturated rings. The van der Waals surface area contributed by atoms with Crippen molar-refractivity contribution in [3.8, 4) is 0 Å². The Labute approximate surface area is 175 Å². The van der Waals surface area contributed by atoms with Crippen LogP contribution in [-0.2, 0) is 27.8 Å². The molecule has 0 saturated carbocycles. The fourth-order valence-corrected chi connectivity index (χ4v) is 5.62. The van der Waals surface area contributed by atoms with Gasteiger partial charge in [-0.25, -0.2) is 17.2 Å². The lowest BCUT2D eigenvalue weighted by Gasteiger charge is -2.25. The number of benzene rings is 1. The Morgan fingerprint density at radius 3 is 2.40 bits per heavy atom. The molecule has 7 nitrogen and oxygen atoms in total. The number of hydrogen-bond acceptors (Lipinski definition) is 4. The summed E-state index contributed by atoms with van der Waals surface area (Å²) in [6.07, 6.45) is 2.68. The molecule has 10 heteroatoms. The quantitative estimate of drug-likeness (QED) is 0.716. The third-order valence-corrected chi connectivity index (χ3v) is 7.43. The molecule has 1 aliphatic rings. The number of halogens is 2. The van der Waals surface area contributed by atoms with Crippen molar-refractivity contribution >= 4 is 15.9 Å². The van der Waals surface area contributed by atoms with Gasteiger partial charge in [0, 0.05) is 25.2 Å². The zero-order chi connectivity index (χ0) is 21.9. The van der Waals surface area contributed by atoms with Crippen molar-refractivity contribution < 1.29 is 22.0 Å². The first-order chi connectivity index (χ1) is 14.2. The van der Waals surface area contributed by atoms with Crippen molar-refractivity contribution in [3.63, 3.8) is 0 Å². The van der Waals surface area contributed by atoms with Crippen LogP contribution in [0.5, 0.6) is 0 Å². The molecule has 2 aromatic rings. The zero-order valence-electron chi connectivity index (χ0n) is 17.1. The number of carbonyl (C=O) groups excluding carboxylic acids is 1. The van der Waals surface area contributed by atoms with Gasteiger partial charge in [-0.15, -0.1) is 0 Å².